The quantitative estimate of drug-likeness (QED) is 0.683. The molecule has 0 saturated carbocycles. The highest BCUT2D eigenvalue weighted by Gasteiger charge is 2.39. The summed E-state index contributed by atoms with van der Waals surface area (Å²) in [6, 6.07) is 0. The number of hydrogen-bond acceptors (Lipinski definition) is 8. The van der Waals surface area contributed by atoms with Crippen molar-refractivity contribution in [2.45, 2.75) is 31.8 Å². The summed E-state index contributed by atoms with van der Waals surface area (Å²) in [6.07, 6.45) is 1.05. The molecule has 0 bridgehead atoms. The predicted molar refractivity (Wildman–Crippen MR) is 86.4 cm³/mol. The van der Waals surface area contributed by atoms with E-state index in [2.05, 4.69) is 15.0 Å². The molecule has 2 aromatic heterocycles. The van der Waals surface area contributed by atoms with Gasteiger partial charge in [0.15, 0.2) is 5.65 Å². The van der Waals surface area contributed by atoms with Crippen molar-refractivity contribution in [3.63, 3.8) is 0 Å². The Hall–Kier alpha value is -1.19. The summed E-state index contributed by atoms with van der Waals surface area (Å²) in [6.45, 7) is 2.60. The summed E-state index contributed by atoms with van der Waals surface area (Å²) < 4.78 is 39.8. The third kappa shape index (κ3) is 4.32. The van der Waals surface area contributed by atoms with E-state index in [-0.39, 0.29) is 13.0 Å². The zero-order valence-electron chi connectivity index (χ0n) is 13.5. The summed E-state index contributed by atoms with van der Waals surface area (Å²) >= 11 is 0. The molecule has 138 valence electrons. The van der Waals surface area contributed by atoms with Gasteiger partial charge in [-0.05, 0) is 6.92 Å². The Balaban J connectivity index is 1.83. The average Bonchev–Trinajstić information content (AvgIpc) is 3.08. The molecule has 2 N–H and O–H groups in total. The molecule has 2 unspecified atom stereocenters. The molecule has 1 fully saturated rings. The molecule has 2 aromatic rings. The summed E-state index contributed by atoms with van der Waals surface area (Å²) in [5.74, 6) is 0. The van der Waals surface area contributed by atoms with Crippen LogP contribution in [-0.2, 0) is 22.9 Å². The Kier molecular flexibility index (Phi) is 5.36. The van der Waals surface area contributed by atoms with Crippen molar-refractivity contribution < 1.29 is 32.7 Å². The Morgan fingerprint density at radius 2 is 2.24 bits per heavy atom. The van der Waals surface area contributed by atoms with E-state index in [0.717, 1.165) is 6.66 Å². The zero-order chi connectivity index (χ0) is 18.2. The van der Waals surface area contributed by atoms with Crippen molar-refractivity contribution in [3.8, 4) is 0 Å². The van der Waals surface area contributed by atoms with E-state index in [1.54, 1.807) is 11.5 Å². The topological polar surface area (TPSA) is 146 Å². The molecule has 0 amide bonds. The van der Waals surface area contributed by atoms with Crippen LogP contribution >= 0.6 is 15.9 Å². The maximum absolute atomic E-state index is 11.3. The van der Waals surface area contributed by atoms with Crippen LogP contribution in [0, 0.1) is 6.92 Å². The highest BCUT2D eigenvalue weighted by molar-refractivity contribution is 7.51. The van der Waals surface area contributed by atoms with Crippen molar-refractivity contribution >= 4 is 27.0 Å². The Labute approximate surface area is 143 Å². The first-order valence-electron chi connectivity index (χ1n) is 7.38. The normalized spacial score (nSPS) is 27.4. The van der Waals surface area contributed by atoms with Crippen LogP contribution in [0.5, 0.6) is 0 Å². The van der Waals surface area contributed by atoms with Crippen LogP contribution in [0.3, 0.4) is 0 Å². The fraction of sp³-hybridized carbons (Fsp3) is 0.583. The minimum Gasteiger partial charge on any atom is -0.349 e. The number of imidazole rings is 1. The lowest BCUT2D eigenvalue weighted by Crippen LogP contribution is -2.27. The molecule has 0 aromatic carbocycles. The molecule has 13 heteroatoms. The van der Waals surface area contributed by atoms with Crippen LogP contribution in [0.25, 0.3) is 11.2 Å². The second-order valence-electron chi connectivity index (χ2n) is 5.67. The lowest BCUT2D eigenvalue weighted by molar-refractivity contribution is -0.0357. The van der Waals surface area contributed by atoms with Crippen molar-refractivity contribution in [1.82, 2.24) is 19.5 Å². The summed E-state index contributed by atoms with van der Waals surface area (Å²) in [5.41, 5.74) is 1.88. The molecule has 0 radical (unpaired) electrons. The second-order valence-corrected chi connectivity index (χ2v) is 8.30. The fourth-order valence-electron chi connectivity index (χ4n) is 2.67. The number of ether oxygens (including phenoxy) is 1. The van der Waals surface area contributed by atoms with Gasteiger partial charge in [0.05, 0.1) is 24.7 Å². The molecule has 0 spiro atoms. The Morgan fingerprint density at radius 3 is 2.92 bits per heavy atom. The van der Waals surface area contributed by atoms with Gasteiger partial charge in [-0.15, -0.1) is 0 Å². The molecule has 0 aliphatic carbocycles. The van der Waals surface area contributed by atoms with Gasteiger partial charge >= 0.3 is 15.9 Å². The van der Waals surface area contributed by atoms with Crippen LogP contribution in [0.4, 0.5) is 0 Å². The summed E-state index contributed by atoms with van der Waals surface area (Å²) in [4.78, 5) is 30.9. The maximum Gasteiger partial charge on any atom is 0.325 e. The average molecular weight is 392 g/mol. The van der Waals surface area contributed by atoms with E-state index in [0.29, 0.717) is 16.9 Å². The third-order valence-electron chi connectivity index (χ3n) is 3.76. The lowest BCUT2D eigenvalue weighted by Gasteiger charge is -2.18. The van der Waals surface area contributed by atoms with Gasteiger partial charge in [-0.2, -0.15) is 0 Å². The van der Waals surface area contributed by atoms with Crippen molar-refractivity contribution in [2.75, 3.05) is 13.3 Å². The van der Waals surface area contributed by atoms with Gasteiger partial charge in [-0.25, -0.2) is 15.0 Å². The van der Waals surface area contributed by atoms with Crippen LogP contribution in [0.2, 0.25) is 0 Å². The number of aromatic nitrogens is 4. The first-order valence-corrected chi connectivity index (χ1v) is 10.7. The van der Waals surface area contributed by atoms with Gasteiger partial charge in [0.2, 0.25) is 0 Å². The fourth-order valence-corrected chi connectivity index (χ4v) is 3.60. The number of aryl methyl sites for hydroxylation is 1. The first kappa shape index (κ1) is 18.6. The van der Waals surface area contributed by atoms with Gasteiger partial charge in [0.25, 0.3) is 0 Å². The number of rotatable bonds is 6. The maximum atomic E-state index is 11.3. The Morgan fingerprint density at radius 1 is 1.48 bits per heavy atom. The van der Waals surface area contributed by atoms with Gasteiger partial charge in [-0.1, -0.05) is 0 Å². The SMILES string of the molecule is Cc1ncnc2c1ncn2[C@H]1C[C@H](O[PH](=O)O)[C@@H](COP(C)(=O)O)O1. The van der Waals surface area contributed by atoms with E-state index >= 15 is 0 Å². The molecule has 11 nitrogen and oxygen atoms in total. The minimum absolute atomic E-state index is 0.235. The van der Waals surface area contributed by atoms with E-state index in [1.165, 1.54) is 12.7 Å². The van der Waals surface area contributed by atoms with E-state index in [9.17, 15) is 14.0 Å². The van der Waals surface area contributed by atoms with E-state index < -0.39 is 34.3 Å². The van der Waals surface area contributed by atoms with Crippen molar-refractivity contribution in [2.24, 2.45) is 0 Å². The number of nitrogens with zero attached hydrogens (tertiary/aromatic N) is 4. The minimum atomic E-state index is -3.71. The molecule has 25 heavy (non-hydrogen) atoms. The van der Waals surface area contributed by atoms with Gasteiger partial charge < -0.3 is 23.6 Å². The first-order chi connectivity index (χ1) is 11.7. The number of hydrogen-bond donors (Lipinski definition) is 2. The molecule has 1 aliphatic rings. The molecule has 1 aliphatic heterocycles. The van der Waals surface area contributed by atoms with Crippen LogP contribution in [0.15, 0.2) is 12.7 Å². The van der Waals surface area contributed by atoms with Gasteiger partial charge in [-0.3, -0.25) is 13.7 Å². The van der Waals surface area contributed by atoms with Crippen molar-refractivity contribution in [3.05, 3.63) is 18.3 Å². The smallest absolute Gasteiger partial charge is 0.325 e. The predicted octanol–water partition coefficient (Wildman–Crippen LogP) is 1.02. The monoisotopic (exact) mass is 392 g/mol. The molecule has 3 heterocycles. The largest absolute Gasteiger partial charge is 0.349 e. The molecule has 3 rings (SSSR count). The van der Waals surface area contributed by atoms with E-state index in [1.807, 2.05) is 0 Å². The van der Waals surface area contributed by atoms with Crippen LogP contribution in [0.1, 0.15) is 18.3 Å². The zero-order valence-corrected chi connectivity index (χ0v) is 15.4. The molecular formula is C12H18N4O7P2. The molecule has 5 atom stereocenters. The van der Waals surface area contributed by atoms with E-state index in [4.69, 9.17) is 18.7 Å². The van der Waals surface area contributed by atoms with Gasteiger partial charge in [0.1, 0.15) is 24.2 Å². The Bertz CT molecular complexity index is 838. The molecular weight excluding hydrogens is 374 g/mol. The summed E-state index contributed by atoms with van der Waals surface area (Å²) in [7, 11) is -6.92. The second kappa shape index (κ2) is 7.20. The highest BCUT2D eigenvalue weighted by atomic mass is 31.2. The lowest BCUT2D eigenvalue weighted by atomic mass is 10.2. The standard InChI is InChI=1S/C12H18N4O7P2/c1-7-11-12(14-5-13-7)16(6-15-11)10-3-8(23-24(17)18)9(22-10)4-21-25(2,19)20/h5-6,8-10,24H,3-4H2,1-2H3,(H,17,18)(H,19,20)/t8-,9+,10+/m0/s1. The molecule has 1 saturated heterocycles. The highest BCUT2D eigenvalue weighted by Crippen LogP contribution is 2.41. The number of fused-ring (bicyclic) bond motifs is 1. The third-order valence-corrected chi connectivity index (χ3v) is 4.90. The van der Waals surface area contributed by atoms with Crippen LogP contribution in [-0.4, -0.2) is 54.8 Å². The van der Waals surface area contributed by atoms with Crippen molar-refractivity contribution in [1.29, 1.82) is 0 Å². The van der Waals surface area contributed by atoms with Crippen LogP contribution < -0.4 is 0 Å². The van der Waals surface area contributed by atoms with Gasteiger partial charge in [0, 0.05) is 13.1 Å². The summed E-state index contributed by atoms with van der Waals surface area (Å²) in [5, 5.41) is 0.